The lowest BCUT2D eigenvalue weighted by molar-refractivity contribution is -0.140. The van der Waals surface area contributed by atoms with E-state index in [0.717, 1.165) is 23.5 Å². The van der Waals surface area contributed by atoms with E-state index in [-0.39, 0.29) is 37.5 Å². The Kier molecular flexibility index (Phi) is 10.6. The first kappa shape index (κ1) is 39.8. The van der Waals surface area contributed by atoms with Crippen LogP contribution in [0.1, 0.15) is 84.1 Å². The van der Waals surface area contributed by atoms with Crippen LogP contribution in [0, 0.1) is 11.7 Å². The monoisotopic (exact) mass is 804 g/mol. The van der Waals surface area contributed by atoms with Crippen molar-refractivity contribution in [2.75, 3.05) is 22.1 Å². The number of para-hydroxylation sites is 2. The summed E-state index contributed by atoms with van der Waals surface area (Å²) < 4.78 is 89.6. The molecular weight excluding hydrogens is 757 g/mol. The lowest BCUT2D eigenvalue weighted by Gasteiger charge is -2.32. The van der Waals surface area contributed by atoms with E-state index in [1.165, 1.54) is 4.90 Å². The van der Waals surface area contributed by atoms with Gasteiger partial charge in [0.25, 0.3) is 5.91 Å². The molecule has 0 bridgehead atoms. The number of alkyl halides is 3. The van der Waals surface area contributed by atoms with Crippen LogP contribution in [-0.4, -0.2) is 78.5 Å². The first-order valence-electron chi connectivity index (χ1n) is 19.2. The number of sulfonamides is 1. The molecule has 4 N–H and O–H groups in total. The van der Waals surface area contributed by atoms with Crippen LogP contribution >= 0.6 is 0 Å². The normalized spacial score (nSPS) is 29.5. The van der Waals surface area contributed by atoms with Crippen molar-refractivity contribution < 1.29 is 45.1 Å². The van der Waals surface area contributed by atoms with Crippen molar-refractivity contribution in [3.63, 3.8) is 0 Å². The van der Waals surface area contributed by atoms with E-state index in [9.17, 15) is 40.4 Å². The third-order valence-electron chi connectivity index (χ3n) is 11.6. The molecule has 1 unspecified atom stereocenters. The smallest absolute Gasteiger partial charge is 0.374 e. The lowest BCUT2D eigenvalue weighted by Crippen LogP contribution is -2.58. The summed E-state index contributed by atoms with van der Waals surface area (Å²) in [6, 6.07) is 7.28. The van der Waals surface area contributed by atoms with E-state index in [2.05, 4.69) is 20.7 Å². The number of carbonyl (C=O) groups excluding carboxylic acids is 3. The number of hydrogen-bond donors (Lipinski definition) is 4. The summed E-state index contributed by atoms with van der Waals surface area (Å²) in [5, 5.41) is 9.04. The zero-order valence-corrected chi connectivity index (χ0v) is 32.3. The summed E-state index contributed by atoms with van der Waals surface area (Å²) in [5.41, 5.74) is -1.31. The fraction of sp³-hybridized carbons (Fsp3) is 0.564. The van der Waals surface area contributed by atoms with Crippen molar-refractivity contribution in [1.29, 1.82) is 0 Å². The van der Waals surface area contributed by atoms with Gasteiger partial charge >= 0.3 is 6.18 Å². The Morgan fingerprint density at radius 1 is 1.07 bits per heavy atom. The van der Waals surface area contributed by atoms with E-state index in [0.29, 0.717) is 44.6 Å². The molecule has 6 atom stereocenters. The molecule has 3 aliphatic heterocycles. The van der Waals surface area contributed by atoms with E-state index in [4.69, 9.17) is 4.74 Å². The molecule has 0 radical (unpaired) electrons. The summed E-state index contributed by atoms with van der Waals surface area (Å²) in [5.74, 6) is -3.80. The number of benzene rings is 2. The summed E-state index contributed by atoms with van der Waals surface area (Å²) in [4.78, 5) is 46.3. The van der Waals surface area contributed by atoms with Gasteiger partial charge < -0.3 is 30.5 Å². The predicted molar refractivity (Wildman–Crippen MR) is 201 cm³/mol. The lowest BCUT2D eigenvalue weighted by atomic mass is 10.0. The highest BCUT2D eigenvalue weighted by Crippen LogP contribution is 2.48. The molecule has 7 rings (SSSR count). The van der Waals surface area contributed by atoms with Crippen LogP contribution in [0.4, 0.5) is 34.6 Å². The van der Waals surface area contributed by atoms with Crippen LogP contribution in [-0.2, 0) is 35.3 Å². The Hall–Kier alpha value is -4.38. The van der Waals surface area contributed by atoms with Crippen LogP contribution < -0.4 is 25.6 Å². The highest BCUT2D eigenvalue weighted by molar-refractivity contribution is 7.91. The molecular formula is C39H48F4N6O6S. The molecule has 56 heavy (non-hydrogen) atoms. The van der Waals surface area contributed by atoms with Gasteiger partial charge in [-0.3, -0.25) is 19.1 Å². The fourth-order valence-electron chi connectivity index (χ4n) is 7.98. The maximum absolute atomic E-state index is 14.6. The zero-order chi connectivity index (χ0) is 40.2. The highest BCUT2D eigenvalue weighted by atomic mass is 32.2. The van der Waals surface area contributed by atoms with E-state index >= 15 is 0 Å². The molecule has 17 heteroatoms. The Balaban J connectivity index is 1.20. The molecule has 3 heterocycles. The van der Waals surface area contributed by atoms with E-state index < -0.39 is 86.0 Å². The van der Waals surface area contributed by atoms with Crippen LogP contribution in [0.5, 0.6) is 0 Å². The quantitative estimate of drug-likeness (QED) is 0.197. The second-order valence-corrected chi connectivity index (χ2v) is 18.4. The molecule has 0 aromatic heterocycles. The molecule has 2 aromatic rings. The molecule has 2 aliphatic carbocycles. The van der Waals surface area contributed by atoms with Gasteiger partial charge in [-0.25, -0.2) is 12.8 Å². The standard InChI is InChI=1S/C39H48F4N6O6S/c1-23(2)49-31-14-10-9-12-29(31)45-36(49)55-28-20-32-33(50)46-38(35(52)47-56(53,54)37(3)15-16-37)21-24(38)11-7-5-4-6-8-13-30(34(51)48(32)22-28)44-27-18-25(39(41,42)43)17-26(40)19-27/h7,9-12,14,17-19,23-24,28,30,32,36,44-45H,4-6,8,13,15-16,20-22H2,1-3H3,(H,46,50)(H,47,52)/b11-7-/t24-,28-,30+,32+,36?,38-/m1/s1. The number of hydrogen-bond acceptors (Lipinski definition) is 9. The number of nitrogens with one attached hydrogen (secondary N) is 4. The van der Waals surface area contributed by atoms with Crippen molar-refractivity contribution in [1.82, 2.24) is 14.9 Å². The van der Waals surface area contributed by atoms with Crippen molar-refractivity contribution in [2.24, 2.45) is 5.92 Å². The molecule has 5 aliphatic rings. The predicted octanol–water partition coefficient (Wildman–Crippen LogP) is 5.63. The van der Waals surface area contributed by atoms with Crippen molar-refractivity contribution >= 4 is 44.8 Å². The summed E-state index contributed by atoms with van der Waals surface area (Å²) >= 11 is 0. The van der Waals surface area contributed by atoms with Gasteiger partial charge in [-0.05, 0) is 89.6 Å². The molecule has 304 valence electrons. The van der Waals surface area contributed by atoms with Crippen LogP contribution in [0.25, 0.3) is 0 Å². The number of nitrogens with zero attached hydrogens (tertiary/aromatic N) is 2. The van der Waals surface area contributed by atoms with Crippen LogP contribution in [0.3, 0.4) is 0 Å². The van der Waals surface area contributed by atoms with Crippen molar-refractivity contribution in [3.05, 3.63) is 66.0 Å². The zero-order valence-electron chi connectivity index (χ0n) is 31.5. The van der Waals surface area contributed by atoms with E-state index in [1.807, 2.05) is 55.2 Å². The number of fused-ring (bicyclic) bond motifs is 3. The van der Waals surface area contributed by atoms with Crippen LogP contribution in [0.15, 0.2) is 54.6 Å². The van der Waals surface area contributed by atoms with Gasteiger partial charge in [0.1, 0.15) is 23.4 Å². The molecule has 3 fully saturated rings. The van der Waals surface area contributed by atoms with Crippen LogP contribution in [0.2, 0.25) is 0 Å². The van der Waals surface area contributed by atoms with Gasteiger partial charge in [0.15, 0.2) is 0 Å². The largest absolute Gasteiger partial charge is 0.416 e. The van der Waals surface area contributed by atoms with Gasteiger partial charge in [0.05, 0.1) is 27.8 Å². The molecule has 3 amide bonds. The second-order valence-electron chi connectivity index (χ2n) is 16.2. The number of allylic oxidation sites excluding steroid dienone is 1. The first-order chi connectivity index (χ1) is 26.4. The average molecular weight is 805 g/mol. The topological polar surface area (TPSA) is 149 Å². The fourth-order valence-corrected chi connectivity index (χ4v) is 9.29. The maximum Gasteiger partial charge on any atom is 0.416 e. The Labute approximate surface area is 323 Å². The molecule has 2 aromatic carbocycles. The summed E-state index contributed by atoms with van der Waals surface area (Å²) in [6.07, 6.45) is 1.00. The Morgan fingerprint density at radius 2 is 1.82 bits per heavy atom. The SMILES string of the molecule is CC(C)N1c2ccccc2NC1O[C@@H]1C[C@H]2C(=O)N[C@]3(C(=O)NS(=O)(=O)C4(C)CC4)C[C@H]3/C=C\CCCCC[C@H](Nc3cc(F)cc(C(F)(F)F)c3)C(=O)N2C1. The van der Waals surface area contributed by atoms with Gasteiger partial charge in [-0.1, -0.05) is 37.1 Å². The number of halogens is 4. The molecule has 0 spiro atoms. The Morgan fingerprint density at radius 3 is 2.54 bits per heavy atom. The summed E-state index contributed by atoms with van der Waals surface area (Å²) in [7, 11) is -4.04. The third-order valence-corrected chi connectivity index (χ3v) is 13.8. The minimum atomic E-state index is -4.84. The number of anilines is 3. The number of carbonyl (C=O) groups is 3. The number of ether oxygens (including phenoxy) is 1. The highest BCUT2D eigenvalue weighted by Gasteiger charge is 2.63. The van der Waals surface area contributed by atoms with Gasteiger partial charge in [-0.15, -0.1) is 0 Å². The molecule has 2 saturated carbocycles. The first-order valence-corrected chi connectivity index (χ1v) is 20.7. The van der Waals surface area contributed by atoms with Crippen molar-refractivity contribution in [2.45, 2.75) is 126 Å². The maximum atomic E-state index is 14.6. The Bertz CT molecular complexity index is 2010. The van der Waals surface area contributed by atoms with Gasteiger partial charge in [0, 0.05) is 30.6 Å². The number of rotatable bonds is 8. The number of amides is 3. The second kappa shape index (κ2) is 14.8. The van der Waals surface area contributed by atoms with E-state index in [1.54, 1.807) is 6.92 Å². The average Bonchev–Trinajstić information content (AvgIpc) is 3.94. The molecule has 1 saturated heterocycles. The third kappa shape index (κ3) is 7.93. The molecule has 12 nitrogen and oxygen atoms in total. The van der Waals surface area contributed by atoms with Gasteiger partial charge in [0.2, 0.25) is 28.2 Å². The van der Waals surface area contributed by atoms with Crippen molar-refractivity contribution in [3.8, 4) is 0 Å². The minimum absolute atomic E-state index is 0.00246. The minimum Gasteiger partial charge on any atom is -0.374 e. The summed E-state index contributed by atoms with van der Waals surface area (Å²) in [6.45, 7) is 5.47. The van der Waals surface area contributed by atoms with Gasteiger partial charge in [-0.2, -0.15) is 13.2 Å².